The molecular formula is C17H19N5O2. The normalized spacial score (nSPS) is 23.5. The second kappa shape index (κ2) is 5.83. The average Bonchev–Trinajstić information content (AvgIpc) is 3.12. The molecule has 0 radical (unpaired) electrons. The van der Waals surface area contributed by atoms with Gasteiger partial charge < -0.3 is 9.80 Å². The molecule has 2 fully saturated rings. The minimum Gasteiger partial charge on any atom is -0.354 e. The summed E-state index contributed by atoms with van der Waals surface area (Å²) in [7, 11) is 2.18. The monoisotopic (exact) mass is 325 g/mol. The Morgan fingerprint density at radius 2 is 1.83 bits per heavy atom. The van der Waals surface area contributed by atoms with Crippen molar-refractivity contribution < 1.29 is 4.92 Å². The number of anilines is 1. The lowest BCUT2D eigenvalue weighted by Crippen LogP contribution is -2.27. The van der Waals surface area contributed by atoms with Crippen LogP contribution in [0.1, 0.15) is 0 Å². The van der Waals surface area contributed by atoms with Gasteiger partial charge in [0, 0.05) is 43.9 Å². The van der Waals surface area contributed by atoms with Crippen LogP contribution in [0, 0.1) is 22.0 Å². The predicted octanol–water partition coefficient (Wildman–Crippen LogP) is 2.05. The predicted molar refractivity (Wildman–Crippen MR) is 90.8 cm³/mol. The van der Waals surface area contributed by atoms with Crippen molar-refractivity contribution in [1.29, 1.82) is 0 Å². The number of fused-ring (bicyclic) bond motifs is 1. The van der Waals surface area contributed by atoms with Crippen LogP contribution in [0.4, 0.5) is 11.5 Å². The maximum absolute atomic E-state index is 10.9. The zero-order chi connectivity index (χ0) is 16.7. The molecule has 4 rings (SSSR count). The highest BCUT2D eigenvalue weighted by molar-refractivity contribution is 5.63. The number of benzene rings is 1. The summed E-state index contributed by atoms with van der Waals surface area (Å²) >= 11 is 0. The number of nitro benzene ring substituents is 1. The molecule has 0 aliphatic carbocycles. The first-order chi connectivity index (χ1) is 11.6. The number of hydrogen-bond donors (Lipinski definition) is 0. The lowest BCUT2D eigenvalue weighted by molar-refractivity contribution is -0.384. The Bertz CT molecular complexity index is 750. The third-order valence-corrected chi connectivity index (χ3v) is 5.00. The Labute approximate surface area is 140 Å². The Morgan fingerprint density at radius 3 is 2.46 bits per heavy atom. The van der Waals surface area contributed by atoms with E-state index in [4.69, 9.17) is 0 Å². The Hall–Kier alpha value is -2.54. The molecule has 3 heterocycles. The van der Waals surface area contributed by atoms with Crippen molar-refractivity contribution in [2.45, 2.75) is 0 Å². The number of hydrogen-bond acceptors (Lipinski definition) is 6. The van der Waals surface area contributed by atoms with E-state index in [2.05, 4.69) is 27.0 Å². The number of aromatic nitrogens is 2. The van der Waals surface area contributed by atoms with Crippen LogP contribution in [-0.2, 0) is 0 Å². The molecule has 0 spiro atoms. The van der Waals surface area contributed by atoms with Crippen LogP contribution in [-0.4, -0.2) is 53.2 Å². The summed E-state index contributed by atoms with van der Waals surface area (Å²) in [5.41, 5.74) is 1.43. The molecule has 2 unspecified atom stereocenters. The number of non-ortho nitro benzene ring substituents is 1. The summed E-state index contributed by atoms with van der Waals surface area (Å²) in [5, 5.41) is 19.5. The standard InChI is InChI=1S/C17H19N5O2/c1-20-8-13-10-21(11-14(13)9-20)17-6-5-16(18-19-17)12-3-2-4-15(7-12)22(23)24/h2-7,13-14H,8-11H2,1H3. The van der Waals surface area contributed by atoms with E-state index in [0.29, 0.717) is 23.1 Å². The summed E-state index contributed by atoms with van der Waals surface area (Å²) < 4.78 is 0. The van der Waals surface area contributed by atoms with Gasteiger partial charge in [0.1, 0.15) is 0 Å². The van der Waals surface area contributed by atoms with Crippen LogP contribution in [0.25, 0.3) is 11.3 Å². The van der Waals surface area contributed by atoms with Gasteiger partial charge >= 0.3 is 0 Å². The van der Waals surface area contributed by atoms with Crippen LogP contribution < -0.4 is 4.90 Å². The van der Waals surface area contributed by atoms with Crippen LogP contribution in [0.5, 0.6) is 0 Å². The molecule has 2 aromatic rings. The molecule has 0 N–H and O–H groups in total. The molecule has 2 atom stereocenters. The zero-order valence-corrected chi connectivity index (χ0v) is 13.5. The van der Waals surface area contributed by atoms with Crippen molar-refractivity contribution >= 4 is 11.5 Å². The molecule has 1 aromatic carbocycles. The molecule has 2 aliphatic rings. The number of nitrogens with zero attached hydrogens (tertiary/aromatic N) is 5. The van der Waals surface area contributed by atoms with Gasteiger partial charge in [0.05, 0.1) is 10.6 Å². The SMILES string of the molecule is CN1CC2CN(c3ccc(-c4cccc([N+](=O)[O-])c4)nn3)CC2C1. The molecule has 2 aliphatic heterocycles. The third kappa shape index (κ3) is 2.71. The molecule has 124 valence electrons. The van der Waals surface area contributed by atoms with E-state index >= 15 is 0 Å². The van der Waals surface area contributed by atoms with Crippen molar-refractivity contribution in [3.8, 4) is 11.3 Å². The maximum atomic E-state index is 10.9. The highest BCUT2D eigenvalue weighted by Gasteiger charge is 2.39. The van der Waals surface area contributed by atoms with Gasteiger partial charge in [-0.2, -0.15) is 0 Å². The molecule has 7 nitrogen and oxygen atoms in total. The Kier molecular flexibility index (Phi) is 3.65. The van der Waals surface area contributed by atoms with Gasteiger partial charge in [0.15, 0.2) is 5.82 Å². The number of rotatable bonds is 3. The second-order valence-corrected chi connectivity index (χ2v) is 6.73. The second-order valence-electron chi connectivity index (χ2n) is 6.73. The fourth-order valence-electron chi connectivity index (χ4n) is 3.84. The zero-order valence-electron chi connectivity index (χ0n) is 13.5. The van der Waals surface area contributed by atoms with Gasteiger partial charge in [-0.3, -0.25) is 10.1 Å². The summed E-state index contributed by atoms with van der Waals surface area (Å²) in [6.45, 7) is 4.36. The molecule has 0 amide bonds. The smallest absolute Gasteiger partial charge is 0.270 e. The van der Waals surface area contributed by atoms with E-state index in [-0.39, 0.29) is 5.69 Å². The average molecular weight is 325 g/mol. The summed E-state index contributed by atoms with van der Waals surface area (Å²) in [6, 6.07) is 10.3. The summed E-state index contributed by atoms with van der Waals surface area (Å²) in [4.78, 5) is 15.2. The summed E-state index contributed by atoms with van der Waals surface area (Å²) in [6.07, 6.45) is 0. The molecule has 2 saturated heterocycles. The van der Waals surface area contributed by atoms with E-state index < -0.39 is 4.92 Å². The Morgan fingerprint density at radius 1 is 1.08 bits per heavy atom. The van der Waals surface area contributed by atoms with Gasteiger partial charge in [-0.25, -0.2) is 0 Å². The van der Waals surface area contributed by atoms with Crippen molar-refractivity contribution in [3.05, 3.63) is 46.5 Å². The molecule has 0 saturated carbocycles. The lowest BCUT2D eigenvalue weighted by Gasteiger charge is -2.19. The van der Waals surface area contributed by atoms with Crippen LogP contribution in [0.15, 0.2) is 36.4 Å². The third-order valence-electron chi connectivity index (χ3n) is 5.00. The first-order valence-corrected chi connectivity index (χ1v) is 8.12. The lowest BCUT2D eigenvalue weighted by atomic mass is 10.0. The molecular weight excluding hydrogens is 306 g/mol. The highest BCUT2D eigenvalue weighted by Crippen LogP contribution is 2.32. The van der Waals surface area contributed by atoms with Crippen LogP contribution >= 0.6 is 0 Å². The topological polar surface area (TPSA) is 75.4 Å². The minimum absolute atomic E-state index is 0.0647. The van der Waals surface area contributed by atoms with Crippen LogP contribution in [0.3, 0.4) is 0 Å². The number of likely N-dealkylation sites (tertiary alicyclic amines) is 1. The Balaban J connectivity index is 1.51. The van der Waals surface area contributed by atoms with Gasteiger partial charge in [0.2, 0.25) is 0 Å². The summed E-state index contributed by atoms with van der Waals surface area (Å²) in [5.74, 6) is 2.32. The van der Waals surface area contributed by atoms with Gasteiger partial charge in [-0.05, 0) is 31.0 Å². The van der Waals surface area contributed by atoms with Gasteiger partial charge in [0.25, 0.3) is 5.69 Å². The van der Waals surface area contributed by atoms with E-state index in [1.807, 2.05) is 18.2 Å². The van der Waals surface area contributed by atoms with Crippen molar-refractivity contribution in [3.63, 3.8) is 0 Å². The fraction of sp³-hybridized carbons (Fsp3) is 0.412. The van der Waals surface area contributed by atoms with Gasteiger partial charge in [-0.1, -0.05) is 12.1 Å². The molecule has 24 heavy (non-hydrogen) atoms. The van der Waals surface area contributed by atoms with Crippen molar-refractivity contribution in [1.82, 2.24) is 15.1 Å². The first-order valence-electron chi connectivity index (χ1n) is 8.12. The first kappa shape index (κ1) is 15.0. The van der Waals surface area contributed by atoms with Gasteiger partial charge in [-0.15, -0.1) is 10.2 Å². The molecule has 0 bridgehead atoms. The minimum atomic E-state index is -0.398. The fourth-order valence-corrected chi connectivity index (χ4v) is 3.84. The van der Waals surface area contributed by atoms with Crippen molar-refractivity contribution in [2.24, 2.45) is 11.8 Å². The molecule has 1 aromatic heterocycles. The van der Waals surface area contributed by atoms with E-state index in [0.717, 1.165) is 32.0 Å². The van der Waals surface area contributed by atoms with Crippen molar-refractivity contribution in [2.75, 3.05) is 38.1 Å². The number of nitro groups is 1. The van der Waals surface area contributed by atoms with E-state index in [9.17, 15) is 10.1 Å². The maximum Gasteiger partial charge on any atom is 0.270 e. The van der Waals surface area contributed by atoms with E-state index in [1.165, 1.54) is 12.1 Å². The van der Waals surface area contributed by atoms with E-state index in [1.54, 1.807) is 6.07 Å². The van der Waals surface area contributed by atoms with Crippen LogP contribution in [0.2, 0.25) is 0 Å². The highest BCUT2D eigenvalue weighted by atomic mass is 16.6. The molecule has 7 heteroatoms. The quantitative estimate of drug-likeness (QED) is 0.635. The largest absolute Gasteiger partial charge is 0.354 e.